The molecule has 0 radical (unpaired) electrons. The summed E-state index contributed by atoms with van der Waals surface area (Å²) in [7, 11) is 0. The molecule has 0 unspecified atom stereocenters. The van der Waals surface area contributed by atoms with Crippen LogP contribution in [0.3, 0.4) is 0 Å². The number of pyridine rings is 1. The molecular weight excluding hydrogens is 335 g/mol. The van der Waals surface area contributed by atoms with Crippen molar-refractivity contribution in [3.05, 3.63) is 47.9 Å². The van der Waals surface area contributed by atoms with Gasteiger partial charge in [-0.25, -0.2) is 9.37 Å². The van der Waals surface area contributed by atoms with E-state index < -0.39 is 5.82 Å². The molecule has 1 aromatic carbocycles. The maximum atomic E-state index is 14.5. The Kier molecular flexibility index (Phi) is 4.48. The number of carbonyl (C=O) groups excluding carboxylic acids is 1. The molecule has 4 rings (SSSR count). The zero-order chi connectivity index (χ0) is 18.1. The van der Waals surface area contributed by atoms with E-state index in [0.717, 1.165) is 19.3 Å². The average molecular weight is 354 g/mol. The molecule has 1 aliphatic rings. The molecule has 6 nitrogen and oxygen atoms in total. The molecule has 7 heteroatoms. The lowest BCUT2D eigenvalue weighted by Crippen LogP contribution is -2.33. The molecule has 3 N–H and O–H groups in total. The lowest BCUT2D eigenvalue weighted by atomic mass is 10.1. The van der Waals surface area contributed by atoms with Crippen LogP contribution in [0.2, 0.25) is 0 Å². The topological polar surface area (TPSA) is 94.0 Å². The third-order valence-electron chi connectivity index (χ3n) is 4.71. The standard InChI is InChI=1S/C19H19FN4O2/c20-15-8-11(19-24-18-17(26-19)2-1-7-22-18)3-6-14(15)16(25)10-23-13-5-4-12(21)9-13/h1-3,6-8,12-13,23H,4-5,9-10,21H2/t12-,13+/m0/s1. The fourth-order valence-electron chi connectivity index (χ4n) is 3.30. The first-order chi connectivity index (χ1) is 12.6. The molecule has 0 amide bonds. The summed E-state index contributed by atoms with van der Waals surface area (Å²) in [5.41, 5.74) is 7.37. The zero-order valence-electron chi connectivity index (χ0n) is 14.1. The van der Waals surface area contributed by atoms with E-state index in [1.165, 1.54) is 12.1 Å². The second-order valence-corrected chi connectivity index (χ2v) is 6.61. The summed E-state index contributed by atoms with van der Waals surface area (Å²) in [6, 6.07) is 8.26. The van der Waals surface area contributed by atoms with Crippen molar-refractivity contribution in [3.8, 4) is 11.5 Å². The van der Waals surface area contributed by atoms with Gasteiger partial charge in [-0.1, -0.05) is 0 Å². The summed E-state index contributed by atoms with van der Waals surface area (Å²) in [5.74, 6) is -0.601. The van der Waals surface area contributed by atoms with Crippen LogP contribution in [-0.2, 0) is 0 Å². The summed E-state index contributed by atoms with van der Waals surface area (Å²) >= 11 is 0. The van der Waals surface area contributed by atoms with Crippen molar-refractivity contribution in [2.24, 2.45) is 5.73 Å². The highest BCUT2D eigenvalue weighted by Crippen LogP contribution is 2.25. The molecule has 0 aliphatic heterocycles. The number of nitrogens with one attached hydrogen (secondary N) is 1. The summed E-state index contributed by atoms with van der Waals surface area (Å²) in [6.45, 7) is 0.0977. The Morgan fingerprint density at radius 3 is 2.96 bits per heavy atom. The van der Waals surface area contributed by atoms with Gasteiger partial charge in [0.2, 0.25) is 5.89 Å². The van der Waals surface area contributed by atoms with E-state index in [4.69, 9.17) is 10.2 Å². The van der Waals surface area contributed by atoms with Crippen LogP contribution < -0.4 is 11.1 Å². The molecule has 2 heterocycles. The molecule has 0 saturated heterocycles. The van der Waals surface area contributed by atoms with Crippen LogP contribution in [0.1, 0.15) is 29.6 Å². The number of hydrogen-bond acceptors (Lipinski definition) is 6. The van der Waals surface area contributed by atoms with Crippen molar-refractivity contribution in [3.63, 3.8) is 0 Å². The van der Waals surface area contributed by atoms with Crippen molar-refractivity contribution in [2.45, 2.75) is 31.3 Å². The van der Waals surface area contributed by atoms with Crippen LogP contribution in [0, 0.1) is 5.82 Å². The molecule has 2 aromatic heterocycles. The SMILES string of the molecule is N[C@H]1CC[C@@H](NCC(=O)c2ccc(-c3nc4ncccc4o3)cc2F)C1. The highest BCUT2D eigenvalue weighted by Gasteiger charge is 2.22. The minimum Gasteiger partial charge on any atom is -0.434 e. The number of aromatic nitrogens is 2. The lowest BCUT2D eigenvalue weighted by molar-refractivity contribution is 0.0983. The van der Waals surface area contributed by atoms with Crippen LogP contribution in [0.4, 0.5) is 4.39 Å². The van der Waals surface area contributed by atoms with Gasteiger partial charge >= 0.3 is 0 Å². The molecule has 0 bridgehead atoms. The molecule has 2 atom stereocenters. The first kappa shape index (κ1) is 16.8. The predicted octanol–water partition coefficient (Wildman–Crippen LogP) is 2.68. The molecule has 3 aromatic rings. The smallest absolute Gasteiger partial charge is 0.228 e. The fraction of sp³-hybridized carbons (Fsp3) is 0.316. The van der Waals surface area contributed by atoms with Crippen LogP contribution in [-0.4, -0.2) is 34.4 Å². The molecule has 26 heavy (non-hydrogen) atoms. The van der Waals surface area contributed by atoms with Gasteiger partial charge in [-0.05, 0) is 49.6 Å². The second-order valence-electron chi connectivity index (χ2n) is 6.61. The van der Waals surface area contributed by atoms with Gasteiger partial charge in [-0.15, -0.1) is 0 Å². The van der Waals surface area contributed by atoms with Crippen molar-refractivity contribution in [1.29, 1.82) is 0 Å². The fourth-order valence-corrected chi connectivity index (χ4v) is 3.30. The number of fused-ring (bicyclic) bond motifs is 1. The van der Waals surface area contributed by atoms with E-state index in [1.54, 1.807) is 24.4 Å². The van der Waals surface area contributed by atoms with E-state index in [-0.39, 0.29) is 35.9 Å². The summed E-state index contributed by atoms with van der Waals surface area (Å²) < 4.78 is 20.0. The van der Waals surface area contributed by atoms with E-state index in [2.05, 4.69) is 15.3 Å². The Labute approximate surface area is 149 Å². The zero-order valence-corrected chi connectivity index (χ0v) is 14.1. The van der Waals surface area contributed by atoms with Gasteiger partial charge < -0.3 is 15.5 Å². The number of ketones is 1. The van der Waals surface area contributed by atoms with Gasteiger partial charge in [-0.2, -0.15) is 4.98 Å². The maximum absolute atomic E-state index is 14.5. The van der Waals surface area contributed by atoms with Crippen LogP contribution >= 0.6 is 0 Å². The molecule has 1 fully saturated rings. The molecule has 1 saturated carbocycles. The normalized spacial score (nSPS) is 19.9. The van der Waals surface area contributed by atoms with E-state index in [0.29, 0.717) is 16.8 Å². The van der Waals surface area contributed by atoms with Gasteiger partial charge in [0.15, 0.2) is 17.0 Å². The monoisotopic (exact) mass is 354 g/mol. The number of nitrogens with two attached hydrogens (primary N) is 1. The largest absolute Gasteiger partial charge is 0.434 e. The van der Waals surface area contributed by atoms with Gasteiger partial charge in [0, 0.05) is 23.8 Å². The predicted molar refractivity (Wildman–Crippen MR) is 95.1 cm³/mol. The molecular formula is C19H19FN4O2. The third-order valence-corrected chi connectivity index (χ3v) is 4.71. The van der Waals surface area contributed by atoms with Gasteiger partial charge in [0.25, 0.3) is 0 Å². The minimum absolute atomic E-state index is 0.0535. The Morgan fingerprint density at radius 2 is 2.23 bits per heavy atom. The van der Waals surface area contributed by atoms with Crippen LogP contribution in [0.25, 0.3) is 22.7 Å². The average Bonchev–Trinajstić information content (AvgIpc) is 3.25. The number of Topliss-reactive ketones (excluding diaryl/α,β-unsaturated/α-hetero) is 1. The number of carbonyl (C=O) groups is 1. The van der Waals surface area contributed by atoms with Crippen molar-refractivity contribution in [1.82, 2.24) is 15.3 Å². The summed E-state index contributed by atoms with van der Waals surface area (Å²) in [4.78, 5) is 20.6. The summed E-state index contributed by atoms with van der Waals surface area (Å²) in [5, 5.41) is 3.17. The van der Waals surface area contributed by atoms with E-state index in [1.807, 2.05) is 0 Å². The first-order valence-corrected chi connectivity index (χ1v) is 8.64. The minimum atomic E-state index is -0.590. The molecule has 134 valence electrons. The Morgan fingerprint density at radius 1 is 1.35 bits per heavy atom. The van der Waals surface area contributed by atoms with Gasteiger partial charge in [-0.3, -0.25) is 4.79 Å². The highest BCUT2D eigenvalue weighted by molar-refractivity contribution is 5.98. The quantitative estimate of drug-likeness (QED) is 0.684. The van der Waals surface area contributed by atoms with Crippen molar-refractivity contribution in [2.75, 3.05) is 6.54 Å². The molecule has 0 spiro atoms. The number of nitrogens with zero attached hydrogens (tertiary/aromatic N) is 2. The maximum Gasteiger partial charge on any atom is 0.228 e. The lowest BCUT2D eigenvalue weighted by Gasteiger charge is -2.12. The third kappa shape index (κ3) is 3.36. The number of halogens is 1. The van der Waals surface area contributed by atoms with Crippen molar-refractivity contribution < 1.29 is 13.6 Å². The van der Waals surface area contributed by atoms with Crippen molar-refractivity contribution >= 4 is 17.0 Å². The van der Waals surface area contributed by atoms with Crippen LogP contribution in [0.5, 0.6) is 0 Å². The van der Waals surface area contributed by atoms with Gasteiger partial charge in [0.1, 0.15) is 5.82 Å². The Balaban J connectivity index is 1.49. The van der Waals surface area contributed by atoms with Gasteiger partial charge in [0.05, 0.1) is 12.1 Å². The van der Waals surface area contributed by atoms with E-state index >= 15 is 0 Å². The first-order valence-electron chi connectivity index (χ1n) is 8.64. The highest BCUT2D eigenvalue weighted by atomic mass is 19.1. The Bertz CT molecular complexity index is 923. The number of oxazole rings is 1. The number of rotatable bonds is 5. The van der Waals surface area contributed by atoms with E-state index in [9.17, 15) is 9.18 Å². The Hall–Kier alpha value is -2.64. The number of benzene rings is 1. The second kappa shape index (κ2) is 6.93. The van der Waals surface area contributed by atoms with Crippen LogP contribution in [0.15, 0.2) is 40.9 Å². The summed E-state index contributed by atoms with van der Waals surface area (Å²) in [6.07, 6.45) is 4.36. The number of hydrogen-bond donors (Lipinski definition) is 2. The molecule has 1 aliphatic carbocycles.